The predicted octanol–water partition coefficient (Wildman–Crippen LogP) is 1.82. The second-order valence-electron chi connectivity index (χ2n) is 4.33. The van der Waals surface area contributed by atoms with Crippen LogP contribution in [0.15, 0.2) is 59.8 Å². The summed E-state index contributed by atoms with van der Waals surface area (Å²) in [6, 6.07) is 11.5. The molecule has 0 spiro atoms. The summed E-state index contributed by atoms with van der Waals surface area (Å²) in [5.74, 6) is 0.511. The van der Waals surface area contributed by atoms with Gasteiger partial charge in [0.25, 0.3) is 5.56 Å². The van der Waals surface area contributed by atoms with Crippen LogP contribution in [-0.2, 0) is 6.42 Å². The van der Waals surface area contributed by atoms with E-state index >= 15 is 0 Å². The minimum Gasteiger partial charge on any atom is -0.268 e. The Bertz CT molecular complexity index is 754. The monoisotopic (exact) mass is 264 g/mol. The molecule has 0 saturated carbocycles. The average molecular weight is 264 g/mol. The van der Waals surface area contributed by atoms with E-state index in [2.05, 4.69) is 20.2 Å². The third-order valence-electron chi connectivity index (χ3n) is 2.99. The largest absolute Gasteiger partial charge is 0.268 e. The first-order valence-corrected chi connectivity index (χ1v) is 6.22. The number of benzene rings is 1. The van der Waals surface area contributed by atoms with Crippen LogP contribution in [0.3, 0.4) is 0 Å². The molecule has 3 aromatic rings. The summed E-state index contributed by atoms with van der Waals surface area (Å²) in [7, 11) is 0. The number of nitrogens with zero attached hydrogens (tertiary/aromatic N) is 3. The number of hydrogen-bond donors (Lipinski definition) is 1. The zero-order valence-corrected chi connectivity index (χ0v) is 10.7. The third-order valence-corrected chi connectivity index (χ3v) is 2.99. The van der Waals surface area contributed by atoms with Crippen molar-refractivity contribution in [1.29, 1.82) is 0 Å². The van der Waals surface area contributed by atoms with E-state index in [4.69, 9.17) is 0 Å². The molecule has 98 valence electrons. The quantitative estimate of drug-likeness (QED) is 0.783. The summed E-state index contributed by atoms with van der Waals surface area (Å²) in [6.45, 7) is 0. The van der Waals surface area contributed by atoms with Crippen LogP contribution in [0.2, 0.25) is 0 Å². The summed E-state index contributed by atoms with van der Waals surface area (Å²) in [5, 5.41) is 6.31. The fourth-order valence-corrected chi connectivity index (χ4v) is 2.03. The molecule has 0 radical (unpaired) electrons. The van der Waals surface area contributed by atoms with E-state index in [9.17, 15) is 4.79 Å². The molecular formula is C15H12N4O. The van der Waals surface area contributed by atoms with Crippen molar-refractivity contribution in [3.05, 3.63) is 76.5 Å². The zero-order valence-electron chi connectivity index (χ0n) is 10.7. The Labute approximate surface area is 115 Å². The van der Waals surface area contributed by atoms with Gasteiger partial charge in [0.1, 0.15) is 0 Å². The van der Waals surface area contributed by atoms with Crippen LogP contribution in [0.1, 0.15) is 11.1 Å². The maximum Gasteiger partial charge on any atom is 0.268 e. The van der Waals surface area contributed by atoms with Crippen molar-refractivity contribution in [3.8, 4) is 11.4 Å². The van der Waals surface area contributed by atoms with E-state index < -0.39 is 0 Å². The fraction of sp³-hybridized carbons (Fsp3) is 0.0667. The fourth-order valence-electron chi connectivity index (χ4n) is 2.03. The molecule has 0 atom stereocenters. The summed E-state index contributed by atoms with van der Waals surface area (Å²) in [5.41, 5.74) is 2.13. The minimum absolute atomic E-state index is 0.209. The van der Waals surface area contributed by atoms with Gasteiger partial charge < -0.3 is 0 Å². The molecule has 0 amide bonds. The molecule has 0 saturated heterocycles. The molecular weight excluding hydrogens is 252 g/mol. The van der Waals surface area contributed by atoms with Gasteiger partial charge in [0, 0.05) is 29.9 Å². The summed E-state index contributed by atoms with van der Waals surface area (Å²) >= 11 is 0. The molecule has 5 nitrogen and oxygen atoms in total. The lowest BCUT2D eigenvalue weighted by molar-refractivity contribution is 0.945. The molecule has 0 aliphatic rings. The van der Waals surface area contributed by atoms with Gasteiger partial charge in [-0.3, -0.25) is 4.79 Å². The smallest absolute Gasteiger partial charge is 0.268 e. The molecule has 0 unspecified atom stereocenters. The van der Waals surface area contributed by atoms with Crippen LogP contribution < -0.4 is 5.56 Å². The van der Waals surface area contributed by atoms with Gasteiger partial charge in [0.2, 0.25) is 0 Å². The molecule has 5 heteroatoms. The second-order valence-corrected chi connectivity index (χ2v) is 4.33. The van der Waals surface area contributed by atoms with Crippen molar-refractivity contribution in [2.75, 3.05) is 0 Å². The molecule has 1 aromatic carbocycles. The molecule has 0 bridgehead atoms. The SMILES string of the molecule is O=c1[nH]ncc(-c2ncccn2)c1Cc1ccccc1. The number of aromatic amines is 1. The number of rotatable bonds is 3. The molecule has 20 heavy (non-hydrogen) atoms. The summed E-state index contributed by atoms with van der Waals surface area (Å²) < 4.78 is 0. The molecule has 2 heterocycles. The number of nitrogens with one attached hydrogen (secondary N) is 1. The van der Waals surface area contributed by atoms with Crippen LogP contribution in [0.4, 0.5) is 0 Å². The molecule has 2 aromatic heterocycles. The van der Waals surface area contributed by atoms with Crippen LogP contribution >= 0.6 is 0 Å². The highest BCUT2D eigenvalue weighted by Crippen LogP contribution is 2.18. The van der Waals surface area contributed by atoms with Crippen LogP contribution in [-0.4, -0.2) is 20.2 Å². The topological polar surface area (TPSA) is 71.5 Å². The van der Waals surface area contributed by atoms with Crippen molar-refractivity contribution >= 4 is 0 Å². The molecule has 1 N–H and O–H groups in total. The van der Waals surface area contributed by atoms with Gasteiger partial charge in [-0.1, -0.05) is 30.3 Å². The highest BCUT2D eigenvalue weighted by atomic mass is 16.1. The van der Waals surface area contributed by atoms with Crippen LogP contribution in [0, 0.1) is 0 Å². The Kier molecular flexibility index (Phi) is 3.33. The first-order chi connectivity index (χ1) is 9.84. The van der Waals surface area contributed by atoms with E-state index in [1.54, 1.807) is 24.7 Å². The zero-order chi connectivity index (χ0) is 13.8. The second kappa shape index (κ2) is 5.44. The van der Waals surface area contributed by atoms with Crippen molar-refractivity contribution in [2.24, 2.45) is 0 Å². The van der Waals surface area contributed by atoms with Gasteiger partial charge >= 0.3 is 0 Å². The van der Waals surface area contributed by atoms with Crippen molar-refractivity contribution in [2.45, 2.75) is 6.42 Å². The number of H-pyrrole nitrogens is 1. The van der Waals surface area contributed by atoms with Gasteiger partial charge in [-0.15, -0.1) is 0 Å². The molecule has 0 fully saturated rings. The molecule has 0 aliphatic heterocycles. The highest BCUT2D eigenvalue weighted by Gasteiger charge is 2.12. The Hall–Kier alpha value is -2.82. The van der Waals surface area contributed by atoms with Gasteiger partial charge in [-0.2, -0.15) is 5.10 Å². The third kappa shape index (κ3) is 2.47. The maximum atomic E-state index is 12.0. The highest BCUT2D eigenvalue weighted by molar-refractivity contribution is 5.58. The Balaban J connectivity index is 2.09. The van der Waals surface area contributed by atoms with Crippen LogP contribution in [0.5, 0.6) is 0 Å². The summed E-state index contributed by atoms with van der Waals surface area (Å²) in [4.78, 5) is 20.4. The molecule has 3 rings (SSSR count). The van der Waals surface area contributed by atoms with Gasteiger partial charge in [0.05, 0.1) is 6.20 Å². The first-order valence-electron chi connectivity index (χ1n) is 6.22. The van der Waals surface area contributed by atoms with Gasteiger partial charge in [0.15, 0.2) is 5.82 Å². The first kappa shape index (κ1) is 12.2. The average Bonchev–Trinajstić information content (AvgIpc) is 2.51. The minimum atomic E-state index is -0.209. The van der Waals surface area contributed by atoms with E-state index in [0.717, 1.165) is 5.56 Å². The lowest BCUT2D eigenvalue weighted by atomic mass is 10.0. The van der Waals surface area contributed by atoms with Crippen molar-refractivity contribution in [1.82, 2.24) is 20.2 Å². The lowest BCUT2D eigenvalue weighted by Crippen LogP contribution is -2.16. The summed E-state index contributed by atoms with van der Waals surface area (Å²) in [6.07, 6.45) is 5.41. The Morgan fingerprint density at radius 2 is 1.75 bits per heavy atom. The van der Waals surface area contributed by atoms with E-state index in [1.807, 2.05) is 30.3 Å². The maximum absolute atomic E-state index is 12.0. The normalized spacial score (nSPS) is 10.4. The predicted molar refractivity (Wildman–Crippen MR) is 75.1 cm³/mol. The van der Waals surface area contributed by atoms with Gasteiger partial charge in [-0.25, -0.2) is 15.1 Å². The molecule has 0 aliphatic carbocycles. The Morgan fingerprint density at radius 1 is 1.00 bits per heavy atom. The van der Waals surface area contributed by atoms with Crippen molar-refractivity contribution in [3.63, 3.8) is 0 Å². The Morgan fingerprint density at radius 3 is 2.50 bits per heavy atom. The number of aromatic nitrogens is 4. The van der Waals surface area contributed by atoms with Crippen LogP contribution in [0.25, 0.3) is 11.4 Å². The van der Waals surface area contributed by atoms with Gasteiger partial charge in [-0.05, 0) is 11.6 Å². The van der Waals surface area contributed by atoms with E-state index in [1.165, 1.54) is 0 Å². The van der Waals surface area contributed by atoms with E-state index in [-0.39, 0.29) is 5.56 Å². The lowest BCUT2D eigenvalue weighted by Gasteiger charge is -2.06. The van der Waals surface area contributed by atoms with Crippen molar-refractivity contribution < 1.29 is 0 Å². The van der Waals surface area contributed by atoms with E-state index in [0.29, 0.717) is 23.4 Å². The standard InChI is InChI=1S/C15H12N4O/c20-15-12(9-11-5-2-1-3-6-11)13(10-18-19-15)14-16-7-4-8-17-14/h1-8,10H,9H2,(H,19,20). The number of hydrogen-bond acceptors (Lipinski definition) is 4.